The summed E-state index contributed by atoms with van der Waals surface area (Å²) in [5.41, 5.74) is 2.67. The van der Waals surface area contributed by atoms with Gasteiger partial charge in [-0.25, -0.2) is 0 Å². The number of phenols is 1. The first-order valence-corrected chi connectivity index (χ1v) is 10.2. The van der Waals surface area contributed by atoms with Crippen molar-refractivity contribution in [1.29, 1.82) is 0 Å². The highest BCUT2D eigenvalue weighted by Gasteiger charge is 2.15. The van der Waals surface area contributed by atoms with Crippen molar-refractivity contribution in [3.63, 3.8) is 0 Å². The molecule has 2 heteroatoms. The minimum atomic E-state index is 0.335. The Morgan fingerprint density at radius 1 is 0.846 bits per heavy atom. The van der Waals surface area contributed by atoms with E-state index in [1.54, 1.807) is 12.1 Å². The molecular formula is C24H34O2. The maximum Gasteiger partial charge on any atom is 0.119 e. The maximum absolute atomic E-state index is 9.49. The Bertz CT molecular complexity index is 616. The van der Waals surface area contributed by atoms with Crippen LogP contribution in [0.5, 0.6) is 11.5 Å². The van der Waals surface area contributed by atoms with Gasteiger partial charge in [-0.3, -0.25) is 0 Å². The van der Waals surface area contributed by atoms with E-state index in [2.05, 4.69) is 45.0 Å². The lowest BCUT2D eigenvalue weighted by Gasteiger charge is -2.21. The third kappa shape index (κ3) is 6.40. The molecule has 0 saturated heterocycles. The molecule has 0 aliphatic carbocycles. The lowest BCUT2D eigenvalue weighted by Crippen LogP contribution is -2.04. The fraction of sp³-hybridized carbons (Fsp3) is 0.500. The number of ether oxygens (including phenoxy) is 1. The Morgan fingerprint density at radius 2 is 1.50 bits per heavy atom. The molecule has 0 aromatic heterocycles. The molecule has 0 fully saturated rings. The number of hydrogen-bond donors (Lipinski definition) is 1. The van der Waals surface area contributed by atoms with Gasteiger partial charge in [0.25, 0.3) is 0 Å². The molecule has 0 radical (unpaired) electrons. The van der Waals surface area contributed by atoms with Gasteiger partial charge in [0.2, 0.25) is 0 Å². The van der Waals surface area contributed by atoms with Crippen LogP contribution in [0.15, 0.2) is 48.5 Å². The maximum atomic E-state index is 9.49. The Hall–Kier alpha value is -1.96. The summed E-state index contributed by atoms with van der Waals surface area (Å²) >= 11 is 0. The summed E-state index contributed by atoms with van der Waals surface area (Å²) in [6, 6.07) is 16.3. The van der Waals surface area contributed by atoms with Gasteiger partial charge in [-0.1, -0.05) is 64.3 Å². The second kappa shape index (κ2) is 10.9. The van der Waals surface area contributed by atoms with Gasteiger partial charge >= 0.3 is 0 Å². The molecule has 26 heavy (non-hydrogen) atoms. The van der Waals surface area contributed by atoms with E-state index >= 15 is 0 Å². The summed E-state index contributed by atoms with van der Waals surface area (Å²) in [5.74, 6) is 2.32. The first-order valence-electron chi connectivity index (χ1n) is 10.2. The second-order valence-electron chi connectivity index (χ2n) is 7.31. The standard InChI is InChI=1S/C24H34O2/c1-4-6-7-8-17-26-24-15-11-21(12-16-24)19(3)18-20(5-2)22-9-13-23(25)14-10-22/h9-16,19-20,25H,4-8,17-18H2,1-3H3. The zero-order chi connectivity index (χ0) is 18.8. The quantitative estimate of drug-likeness (QED) is 0.438. The molecule has 2 aromatic carbocycles. The van der Waals surface area contributed by atoms with Crippen molar-refractivity contribution in [1.82, 2.24) is 0 Å². The van der Waals surface area contributed by atoms with E-state index in [-0.39, 0.29) is 0 Å². The molecule has 1 N–H and O–H groups in total. The minimum absolute atomic E-state index is 0.335. The van der Waals surface area contributed by atoms with E-state index in [0.29, 0.717) is 17.6 Å². The van der Waals surface area contributed by atoms with Crippen LogP contribution in [-0.4, -0.2) is 11.7 Å². The van der Waals surface area contributed by atoms with Crippen molar-refractivity contribution < 1.29 is 9.84 Å². The van der Waals surface area contributed by atoms with Crippen LogP contribution in [0.3, 0.4) is 0 Å². The molecule has 0 spiro atoms. The van der Waals surface area contributed by atoms with Gasteiger partial charge in [0, 0.05) is 0 Å². The van der Waals surface area contributed by atoms with E-state index in [1.807, 2.05) is 12.1 Å². The van der Waals surface area contributed by atoms with Gasteiger partial charge in [-0.05, 0) is 66.5 Å². The number of unbranched alkanes of at least 4 members (excludes halogenated alkanes) is 3. The first kappa shape index (κ1) is 20.4. The third-order valence-electron chi connectivity index (χ3n) is 5.21. The summed E-state index contributed by atoms with van der Waals surface area (Å²) in [5, 5.41) is 9.49. The van der Waals surface area contributed by atoms with E-state index in [9.17, 15) is 5.11 Å². The van der Waals surface area contributed by atoms with Crippen LogP contribution >= 0.6 is 0 Å². The Kier molecular flexibility index (Phi) is 8.53. The highest BCUT2D eigenvalue weighted by Crippen LogP contribution is 2.33. The normalized spacial score (nSPS) is 13.3. The van der Waals surface area contributed by atoms with Gasteiger partial charge in [0.1, 0.15) is 11.5 Å². The van der Waals surface area contributed by atoms with E-state index in [0.717, 1.165) is 31.6 Å². The van der Waals surface area contributed by atoms with Crippen LogP contribution in [0.25, 0.3) is 0 Å². The van der Waals surface area contributed by atoms with Crippen LogP contribution in [0.4, 0.5) is 0 Å². The predicted octanol–water partition coefficient (Wildman–Crippen LogP) is 7.04. The van der Waals surface area contributed by atoms with Gasteiger partial charge < -0.3 is 9.84 Å². The van der Waals surface area contributed by atoms with E-state index in [1.165, 1.54) is 30.4 Å². The zero-order valence-electron chi connectivity index (χ0n) is 16.6. The molecular weight excluding hydrogens is 320 g/mol. The van der Waals surface area contributed by atoms with Gasteiger partial charge in [0.05, 0.1) is 6.61 Å². The lowest BCUT2D eigenvalue weighted by atomic mass is 9.84. The molecule has 2 unspecified atom stereocenters. The molecule has 2 rings (SSSR count). The summed E-state index contributed by atoms with van der Waals surface area (Å²) in [4.78, 5) is 0. The monoisotopic (exact) mass is 354 g/mol. The Balaban J connectivity index is 1.87. The van der Waals surface area contributed by atoms with Crippen LogP contribution < -0.4 is 4.74 Å². The van der Waals surface area contributed by atoms with Crippen molar-refractivity contribution in [3.8, 4) is 11.5 Å². The molecule has 2 atom stereocenters. The van der Waals surface area contributed by atoms with Crippen molar-refractivity contribution >= 4 is 0 Å². The number of phenolic OH excluding ortho intramolecular Hbond substituents is 1. The van der Waals surface area contributed by atoms with E-state index < -0.39 is 0 Å². The smallest absolute Gasteiger partial charge is 0.119 e. The number of hydrogen-bond acceptors (Lipinski definition) is 2. The largest absolute Gasteiger partial charge is 0.508 e. The fourth-order valence-electron chi connectivity index (χ4n) is 3.46. The van der Waals surface area contributed by atoms with Crippen LogP contribution in [-0.2, 0) is 0 Å². The number of aromatic hydroxyl groups is 1. The van der Waals surface area contributed by atoms with Gasteiger partial charge in [-0.15, -0.1) is 0 Å². The summed E-state index contributed by atoms with van der Waals surface area (Å²) in [7, 11) is 0. The van der Waals surface area contributed by atoms with Gasteiger partial charge in [-0.2, -0.15) is 0 Å². The lowest BCUT2D eigenvalue weighted by molar-refractivity contribution is 0.305. The highest BCUT2D eigenvalue weighted by molar-refractivity contribution is 5.31. The van der Waals surface area contributed by atoms with Crippen molar-refractivity contribution in [2.75, 3.05) is 6.61 Å². The zero-order valence-corrected chi connectivity index (χ0v) is 16.6. The molecule has 0 saturated carbocycles. The molecule has 0 bridgehead atoms. The molecule has 2 nitrogen and oxygen atoms in total. The summed E-state index contributed by atoms with van der Waals surface area (Å²) in [6.07, 6.45) is 7.15. The topological polar surface area (TPSA) is 29.5 Å². The average Bonchev–Trinajstić information content (AvgIpc) is 2.67. The first-order chi connectivity index (χ1) is 12.6. The van der Waals surface area contributed by atoms with Crippen LogP contribution in [0.1, 0.15) is 82.3 Å². The average molecular weight is 355 g/mol. The van der Waals surface area contributed by atoms with Crippen LogP contribution in [0.2, 0.25) is 0 Å². The molecule has 0 amide bonds. The predicted molar refractivity (Wildman–Crippen MR) is 110 cm³/mol. The Labute approximate surface area is 159 Å². The molecule has 142 valence electrons. The number of rotatable bonds is 11. The molecule has 0 heterocycles. The number of benzene rings is 2. The van der Waals surface area contributed by atoms with Crippen molar-refractivity contribution in [2.24, 2.45) is 0 Å². The summed E-state index contributed by atoms with van der Waals surface area (Å²) in [6.45, 7) is 7.57. The van der Waals surface area contributed by atoms with Gasteiger partial charge in [0.15, 0.2) is 0 Å². The SMILES string of the molecule is CCCCCCOc1ccc(C(C)CC(CC)c2ccc(O)cc2)cc1. The van der Waals surface area contributed by atoms with Crippen molar-refractivity contribution in [2.45, 2.75) is 71.1 Å². The molecule has 0 aliphatic rings. The molecule has 2 aromatic rings. The van der Waals surface area contributed by atoms with Crippen LogP contribution in [0, 0.1) is 0 Å². The van der Waals surface area contributed by atoms with E-state index in [4.69, 9.17) is 4.74 Å². The summed E-state index contributed by atoms with van der Waals surface area (Å²) < 4.78 is 5.85. The highest BCUT2D eigenvalue weighted by atomic mass is 16.5. The van der Waals surface area contributed by atoms with Crippen molar-refractivity contribution in [3.05, 3.63) is 59.7 Å². The fourth-order valence-corrected chi connectivity index (χ4v) is 3.46. The minimum Gasteiger partial charge on any atom is -0.508 e. The third-order valence-corrected chi connectivity index (χ3v) is 5.21. The second-order valence-corrected chi connectivity index (χ2v) is 7.31. The Morgan fingerprint density at radius 3 is 2.12 bits per heavy atom. The molecule has 0 aliphatic heterocycles.